The van der Waals surface area contributed by atoms with E-state index in [-0.39, 0.29) is 24.3 Å². The summed E-state index contributed by atoms with van der Waals surface area (Å²) in [4.78, 5) is 25.9. The molecule has 4 rings (SSSR count). The number of amides is 1. The van der Waals surface area contributed by atoms with E-state index in [0.717, 1.165) is 15.6 Å². The maximum atomic E-state index is 13.0. The molecule has 5 heteroatoms. The van der Waals surface area contributed by atoms with Crippen molar-refractivity contribution in [1.82, 2.24) is 5.32 Å². The smallest absolute Gasteiger partial charge is 0.235 e. The van der Waals surface area contributed by atoms with Crippen LogP contribution in [0.5, 0.6) is 5.75 Å². The number of rotatable bonds is 4. The van der Waals surface area contributed by atoms with E-state index in [1.807, 2.05) is 60.7 Å². The summed E-state index contributed by atoms with van der Waals surface area (Å²) in [6.45, 7) is 0.0433. The maximum Gasteiger partial charge on any atom is 0.235 e. The molecule has 0 saturated carbocycles. The summed E-state index contributed by atoms with van der Waals surface area (Å²) in [7, 11) is 0. The van der Waals surface area contributed by atoms with Crippen LogP contribution in [-0.4, -0.2) is 18.3 Å². The Hall–Kier alpha value is -2.92. The second-order valence-electron chi connectivity index (χ2n) is 6.63. The van der Waals surface area contributed by atoms with Crippen LogP contribution in [0, 0.1) is 5.92 Å². The molecule has 0 aromatic heterocycles. The van der Waals surface area contributed by atoms with Crippen molar-refractivity contribution in [1.29, 1.82) is 0 Å². The zero-order valence-electron chi connectivity index (χ0n) is 15.0. The highest BCUT2D eigenvalue weighted by molar-refractivity contribution is 9.10. The van der Waals surface area contributed by atoms with Gasteiger partial charge < -0.3 is 10.1 Å². The normalized spacial score (nSPS) is 16.6. The third kappa shape index (κ3) is 3.71. The number of carbonyl (C=O) groups is 2. The Labute approximate surface area is 171 Å². The van der Waals surface area contributed by atoms with Gasteiger partial charge in [0.1, 0.15) is 18.3 Å². The zero-order valence-corrected chi connectivity index (χ0v) is 16.6. The third-order valence-electron chi connectivity index (χ3n) is 4.79. The number of ether oxygens (including phenoxy) is 1. The molecule has 0 bridgehead atoms. The summed E-state index contributed by atoms with van der Waals surface area (Å²) in [5, 5.41) is 3.05. The molecule has 0 saturated heterocycles. The van der Waals surface area contributed by atoms with E-state index in [4.69, 9.17) is 4.74 Å². The van der Waals surface area contributed by atoms with Gasteiger partial charge in [-0.25, -0.2) is 0 Å². The van der Waals surface area contributed by atoms with Gasteiger partial charge >= 0.3 is 0 Å². The molecule has 0 spiro atoms. The third-order valence-corrected chi connectivity index (χ3v) is 5.29. The average Bonchev–Trinajstić information content (AvgIpc) is 2.73. The second-order valence-corrected chi connectivity index (χ2v) is 7.55. The number of nitrogens with one attached hydrogen (secondary N) is 1. The van der Waals surface area contributed by atoms with Crippen LogP contribution in [0.3, 0.4) is 0 Å². The zero-order chi connectivity index (χ0) is 19.5. The van der Waals surface area contributed by atoms with Crippen molar-refractivity contribution in [2.45, 2.75) is 6.04 Å². The van der Waals surface area contributed by atoms with Gasteiger partial charge in [-0.3, -0.25) is 9.59 Å². The Morgan fingerprint density at radius 2 is 1.68 bits per heavy atom. The summed E-state index contributed by atoms with van der Waals surface area (Å²) in [5.74, 6) is -0.884. The first kappa shape index (κ1) is 18.4. The van der Waals surface area contributed by atoms with Crippen LogP contribution in [0.25, 0.3) is 0 Å². The molecule has 2 atom stereocenters. The number of halogens is 1. The first-order valence-corrected chi connectivity index (χ1v) is 9.79. The van der Waals surface area contributed by atoms with Gasteiger partial charge in [-0.1, -0.05) is 70.5 Å². The summed E-state index contributed by atoms with van der Waals surface area (Å²) in [6, 6.07) is 24.1. The molecular formula is C23H18BrNO3. The maximum absolute atomic E-state index is 13.0. The highest BCUT2D eigenvalue weighted by Crippen LogP contribution is 2.29. The molecular weight excluding hydrogens is 418 g/mol. The number of para-hydroxylation sites is 1. The van der Waals surface area contributed by atoms with Crippen LogP contribution in [0.2, 0.25) is 0 Å². The number of fused-ring (bicyclic) bond motifs is 1. The topological polar surface area (TPSA) is 55.4 Å². The van der Waals surface area contributed by atoms with Crippen molar-refractivity contribution in [3.05, 3.63) is 100 Å². The Balaban J connectivity index is 1.62. The molecule has 0 aliphatic carbocycles. The number of hydrogen-bond acceptors (Lipinski definition) is 3. The highest BCUT2D eigenvalue weighted by atomic mass is 79.9. The molecule has 140 valence electrons. The summed E-state index contributed by atoms with van der Waals surface area (Å²) < 4.78 is 6.57. The molecule has 1 aliphatic rings. The van der Waals surface area contributed by atoms with Gasteiger partial charge in [0.2, 0.25) is 5.91 Å². The van der Waals surface area contributed by atoms with Crippen LogP contribution in [0.4, 0.5) is 0 Å². The first-order chi connectivity index (χ1) is 13.6. The quantitative estimate of drug-likeness (QED) is 0.611. The lowest BCUT2D eigenvalue weighted by molar-refractivity contribution is -0.125. The van der Waals surface area contributed by atoms with E-state index in [1.54, 1.807) is 18.2 Å². The van der Waals surface area contributed by atoms with Crippen molar-refractivity contribution in [3.63, 3.8) is 0 Å². The number of carbonyl (C=O) groups excluding carboxylic acids is 2. The SMILES string of the molecule is O=C(NC(c1ccccc1)c1cccc(Br)c1)C1COc2ccccc2C1=O. The van der Waals surface area contributed by atoms with Crippen molar-refractivity contribution in [2.75, 3.05) is 6.61 Å². The van der Waals surface area contributed by atoms with Crippen molar-refractivity contribution < 1.29 is 14.3 Å². The molecule has 0 radical (unpaired) electrons. The average molecular weight is 436 g/mol. The van der Waals surface area contributed by atoms with Crippen LogP contribution >= 0.6 is 15.9 Å². The lowest BCUT2D eigenvalue weighted by atomic mass is 9.92. The molecule has 28 heavy (non-hydrogen) atoms. The van der Waals surface area contributed by atoms with E-state index in [2.05, 4.69) is 21.2 Å². The minimum absolute atomic E-state index is 0.0433. The minimum Gasteiger partial charge on any atom is -0.492 e. The van der Waals surface area contributed by atoms with Crippen molar-refractivity contribution >= 4 is 27.6 Å². The van der Waals surface area contributed by atoms with Gasteiger partial charge in [0.05, 0.1) is 11.6 Å². The highest BCUT2D eigenvalue weighted by Gasteiger charge is 2.35. The Morgan fingerprint density at radius 1 is 0.964 bits per heavy atom. The van der Waals surface area contributed by atoms with E-state index in [0.29, 0.717) is 11.3 Å². The molecule has 1 amide bonds. The van der Waals surface area contributed by atoms with Gasteiger partial charge in [-0.05, 0) is 35.4 Å². The van der Waals surface area contributed by atoms with E-state index < -0.39 is 5.92 Å². The Morgan fingerprint density at radius 3 is 2.46 bits per heavy atom. The molecule has 1 heterocycles. The van der Waals surface area contributed by atoms with E-state index >= 15 is 0 Å². The van der Waals surface area contributed by atoms with Gasteiger partial charge in [0.15, 0.2) is 5.78 Å². The first-order valence-electron chi connectivity index (χ1n) is 9.00. The fraction of sp³-hybridized carbons (Fsp3) is 0.130. The van der Waals surface area contributed by atoms with Gasteiger partial charge in [0, 0.05) is 4.47 Å². The van der Waals surface area contributed by atoms with Crippen LogP contribution in [-0.2, 0) is 4.79 Å². The summed E-state index contributed by atoms with van der Waals surface area (Å²) in [5.41, 5.74) is 2.32. The van der Waals surface area contributed by atoms with Gasteiger partial charge in [-0.2, -0.15) is 0 Å². The molecule has 3 aromatic carbocycles. The fourth-order valence-corrected chi connectivity index (χ4v) is 3.78. The molecule has 3 aromatic rings. The van der Waals surface area contributed by atoms with Crippen LogP contribution in [0.1, 0.15) is 27.5 Å². The van der Waals surface area contributed by atoms with Gasteiger partial charge in [-0.15, -0.1) is 0 Å². The number of Topliss-reactive ketones (excluding diaryl/α,β-unsaturated/α-hetero) is 1. The predicted octanol–water partition coefficient (Wildman–Crippen LogP) is 4.55. The number of hydrogen-bond donors (Lipinski definition) is 1. The number of benzene rings is 3. The molecule has 0 fully saturated rings. The van der Waals surface area contributed by atoms with Crippen molar-refractivity contribution in [2.24, 2.45) is 5.92 Å². The molecule has 2 unspecified atom stereocenters. The van der Waals surface area contributed by atoms with Crippen LogP contribution in [0.15, 0.2) is 83.3 Å². The monoisotopic (exact) mass is 435 g/mol. The Bertz CT molecular complexity index is 1020. The van der Waals surface area contributed by atoms with E-state index in [9.17, 15) is 9.59 Å². The van der Waals surface area contributed by atoms with Crippen molar-refractivity contribution in [3.8, 4) is 5.75 Å². The minimum atomic E-state index is -0.867. The Kier molecular flexibility index (Phi) is 5.26. The molecule has 4 nitrogen and oxygen atoms in total. The fourth-order valence-electron chi connectivity index (χ4n) is 3.36. The van der Waals surface area contributed by atoms with E-state index in [1.165, 1.54) is 0 Å². The predicted molar refractivity (Wildman–Crippen MR) is 110 cm³/mol. The largest absolute Gasteiger partial charge is 0.492 e. The second kappa shape index (κ2) is 7.98. The number of ketones is 1. The molecule has 1 aliphatic heterocycles. The summed E-state index contributed by atoms with van der Waals surface area (Å²) >= 11 is 3.49. The molecule has 1 N–H and O–H groups in total. The standard InChI is InChI=1S/C23H18BrNO3/c24-17-10-6-9-16(13-17)21(15-7-2-1-3-8-15)25-23(27)19-14-28-20-12-5-4-11-18(20)22(19)26/h1-13,19,21H,14H2,(H,25,27). The lowest BCUT2D eigenvalue weighted by Gasteiger charge is -2.26. The van der Waals surface area contributed by atoms with Gasteiger partial charge in [0.25, 0.3) is 0 Å². The van der Waals surface area contributed by atoms with Crippen LogP contribution < -0.4 is 10.1 Å². The summed E-state index contributed by atoms with van der Waals surface area (Å²) in [6.07, 6.45) is 0. The lowest BCUT2D eigenvalue weighted by Crippen LogP contribution is -2.42.